The van der Waals surface area contributed by atoms with Gasteiger partial charge in [0.1, 0.15) is 5.75 Å². The number of ether oxygens (including phenoxy) is 1. The maximum atomic E-state index is 12.0. The molecule has 0 bridgehead atoms. The number of rotatable bonds is 5. The molecule has 0 fully saturated rings. The zero-order valence-corrected chi connectivity index (χ0v) is 9.98. The predicted molar refractivity (Wildman–Crippen MR) is 60.1 cm³/mol. The van der Waals surface area contributed by atoms with Gasteiger partial charge in [-0.25, -0.2) is 0 Å². The number of nitrogens with one attached hydrogen (secondary N) is 1. The molecule has 0 aliphatic rings. The molecule has 0 aromatic heterocycles. The zero-order valence-electron chi connectivity index (χ0n) is 9.22. The minimum atomic E-state index is -4.75. The van der Waals surface area contributed by atoms with E-state index in [2.05, 4.69) is 10.1 Å². The summed E-state index contributed by atoms with van der Waals surface area (Å²) in [6, 6.07) is 6.00. The molecule has 0 unspecified atom stereocenters. The number of nitrogens with zero attached hydrogens (tertiary/aromatic N) is 1. The highest BCUT2D eigenvalue weighted by Crippen LogP contribution is 2.30. The molecule has 0 aliphatic heterocycles. The Morgan fingerprint density at radius 1 is 1.39 bits per heavy atom. The molecule has 0 heterocycles. The van der Waals surface area contributed by atoms with Crippen LogP contribution in [0.2, 0.25) is 5.02 Å². The zero-order chi connectivity index (χ0) is 13.6. The summed E-state index contributed by atoms with van der Waals surface area (Å²) in [5, 5.41) is 11.2. The average molecular weight is 279 g/mol. The molecular weight excluding hydrogens is 269 g/mol. The lowest BCUT2D eigenvalue weighted by Crippen LogP contribution is -2.17. The molecule has 0 atom stereocenters. The second kappa shape index (κ2) is 6.47. The maximum Gasteiger partial charge on any atom is 0.573 e. The van der Waals surface area contributed by atoms with Crippen molar-refractivity contribution in [3.8, 4) is 11.8 Å². The van der Waals surface area contributed by atoms with Crippen molar-refractivity contribution in [3.63, 3.8) is 0 Å². The molecule has 0 saturated heterocycles. The van der Waals surface area contributed by atoms with Gasteiger partial charge in [-0.1, -0.05) is 17.7 Å². The van der Waals surface area contributed by atoms with Crippen LogP contribution < -0.4 is 10.1 Å². The van der Waals surface area contributed by atoms with E-state index in [1.54, 1.807) is 0 Å². The van der Waals surface area contributed by atoms with Gasteiger partial charge in [0.05, 0.1) is 11.1 Å². The van der Waals surface area contributed by atoms with E-state index >= 15 is 0 Å². The van der Waals surface area contributed by atoms with Gasteiger partial charge >= 0.3 is 6.36 Å². The van der Waals surface area contributed by atoms with Crippen molar-refractivity contribution in [1.82, 2.24) is 5.32 Å². The Hall–Kier alpha value is -1.45. The molecule has 7 heteroatoms. The first-order valence-corrected chi connectivity index (χ1v) is 5.42. The highest BCUT2D eigenvalue weighted by atomic mass is 35.5. The molecule has 0 radical (unpaired) electrons. The van der Waals surface area contributed by atoms with E-state index in [1.807, 2.05) is 6.07 Å². The van der Waals surface area contributed by atoms with Crippen molar-refractivity contribution < 1.29 is 17.9 Å². The molecule has 0 spiro atoms. The summed E-state index contributed by atoms with van der Waals surface area (Å²) in [7, 11) is 0. The molecule has 0 saturated carbocycles. The Morgan fingerprint density at radius 3 is 2.67 bits per heavy atom. The summed E-state index contributed by atoms with van der Waals surface area (Å²) >= 11 is 5.67. The average Bonchev–Trinajstić information content (AvgIpc) is 2.26. The number of hydrogen-bond donors (Lipinski definition) is 1. The minimum Gasteiger partial charge on any atom is -0.404 e. The fourth-order valence-electron chi connectivity index (χ4n) is 1.24. The molecule has 18 heavy (non-hydrogen) atoms. The fourth-order valence-corrected chi connectivity index (χ4v) is 1.48. The van der Waals surface area contributed by atoms with Gasteiger partial charge in [0.2, 0.25) is 0 Å². The van der Waals surface area contributed by atoms with Crippen molar-refractivity contribution >= 4 is 11.6 Å². The van der Waals surface area contributed by atoms with Gasteiger partial charge in [0.15, 0.2) is 0 Å². The summed E-state index contributed by atoms with van der Waals surface area (Å²) in [4.78, 5) is 0. The molecule has 1 rings (SSSR count). The topological polar surface area (TPSA) is 45.0 Å². The Morgan fingerprint density at radius 2 is 2.11 bits per heavy atom. The van der Waals surface area contributed by atoms with Crippen molar-refractivity contribution in [3.05, 3.63) is 28.8 Å². The summed E-state index contributed by atoms with van der Waals surface area (Å²) in [5.41, 5.74) is 0.715. The molecule has 1 aromatic rings. The third kappa shape index (κ3) is 5.25. The predicted octanol–water partition coefficient (Wildman–Crippen LogP) is 3.24. The van der Waals surface area contributed by atoms with Crippen molar-refractivity contribution in [2.24, 2.45) is 0 Å². The highest BCUT2D eigenvalue weighted by molar-refractivity contribution is 6.32. The van der Waals surface area contributed by atoms with E-state index in [0.717, 1.165) is 6.07 Å². The largest absolute Gasteiger partial charge is 0.573 e. The van der Waals surface area contributed by atoms with Crippen LogP contribution in [0.25, 0.3) is 0 Å². The van der Waals surface area contributed by atoms with Crippen LogP contribution in [0.1, 0.15) is 12.0 Å². The quantitative estimate of drug-likeness (QED) is 0.841. The van der Waals surface area contributed by atoms with Crippen LogP contribution in [0.15, 0.2) is 18.2 Å². The highest BCUT2D eigenvalue weighted by Gasteiger charge is 2.31. The smallest absolute Gasteiger partial charge is 0.404 e. The molecule has 1 aromatic carbocycles. The van der Waals surface area contributed by atoms with Crippen LogP contribution in [0.5, 0.6) is 5.75 Å². The maximum absolute atomic E-state index is 12.0. The summed E-state index contributed by atoms with van der Waals surface area (Å²) in [5.74, 6) is -0.426. The lowest BCUT2D eigenvalue weighted by Gasteiger charge is -2.11. The van der Waals surface area contributed by atoms with Gasteiger partial charge in [0.25, 0.3) is 0 Å². The number of hydrogen-bond acceptors (Lipinski definition) is 3. The third-order valence-corrected chi connectivity index (χ3v) is 2.26. The van der Waals surface area contributed by atoms with Crippen molar-refractivity contribution in [2.75, 3.05) is 6.54 Å². The molecule has 3 nitrogen and oxygen atoms in total. The van der Waals surface area contributed by atoms with E-state index in [-0.39, 0.29) is 5.02 Å². The van der Waals surface area contributed by atoms with Crippen LogP contribution >= 0.6 is 11.6 Å². The van der Waals surface area contributed by atoms with Crippen LogP contribution in [0, 0.1) is 11.3 Å². The Kier molecular flexibility index (Phi) is 5.25. The second-order valence-electron chi connectivity index (χ2n) is 3.40. The Labute approximate surface area is 107 Å². The van der Waals surface area contributed by atoms with E-state index in [0.29, 0.717) is 25.1 Å². The van der Waals surface area contributed by atoms with Crippen LogP contribution in [-0.2, 0) is 6.54 Å². The summed E-state index contributed by atoms with van der Waals surface area (Å²) < 4.78 is 39.7. The van der Waals surface area contributed by atoms with E-state index in [1.165, 1.54) is 12.1 Å². The number of alkyl halides is 3. The van der Waals surface area contributed by atoms with E-state index in [4.69, 9.17) is 16.9 Å². The summed E-state index contributed by atoms with van der Waals surface area (Å²) in [6.45, 7) is 0.933. The standard InChI is InChI=1S/C11H10ClF3N2O/c12-9-6-8(7-17-5-1-4-16)2-3-10(9)18-11(13,14)15/h2-3,6,17H,1,5,7H2. The first-order valence-electron chi connectivity index (χ1n) is 5.04. The molecule has 0 aliphatic carbocycles. The third-order valence-electron chi connectivity index (χ3n) is 1.96. The number of benzene rings is 1. The number of nitriles is 1. The van der Waals surface area contributed by atoms with Crippen molar-refractivity contribution in [1.29, 1.82) is 5.26 Å². The second-order valence-corrected chi connectivity index (χ2v) is 3.80. The number of halogens is 4. The molecule has 1 N–H and O–H groups in total. The first kappa shape index (κ1) is 14.6. The van der Waals surface area contributed by atoms with Gasteiger partial charge in [-0.05, 0) is 17.7 Å². The van der Waals surface area contributed by atoms with Gasteiger partial charge in [0, 0.05) is 19.5 Å². The molecule has 98 valence electrons. The Bertz CT molecular complexity index is 443. The van der Waals surface area contributed by atoms with Gasteiger partial charge < -0.3 is 10.1 Å². The van der Waals surface area contributed by atoms with Crippen LogP contribution in [0.4, 0.5) is 13.2 Å². The fraction of sp³-hybridized carbons (Fsp3) is 0.364. The van der Waals surface area contributed by atoms with Gasteiger partial charge in [-0.2, -0.15) is 5.26 Å². The lowest BCUT2D eigenvalue weighted by atomic mass is 10.2. The van der Waals surface area contributed by atoms with E-state index < -0.39 is 12.1 Å². The summed E-state index contributed by atoms with van der Waals surface area (Å²) in [6.07, 6.45) is -4.39. The first-order chi connectivity index (χ1) is 8.42. The van der Waals surface area contributed by atoms with Gasteiger partial charge in [-0.3, -0.25) is 0 Å². The van der Waals surface area contributed by atoms with E-state index in [9.17, 15) is 13.2 Å². The van der Waals surface area contributed by atoms with Crippen LogP contribution in [0.3, 0.4) is 0 Å². The normalized spacial score (nSPS) is 11.1. The molecular formula is C11H10ClF3N2O. The minimum absolute atomic E-state index is 0.105. The molecule has 0 amide bonds. The van der Waals surface area contributed by atoms with Crippen LogP contribution in [-0.4, -0.2) is 12.9 Å². The van der Waals surface area contributed by atoms with Gasteiger partial charge in [-0.15, -0.1) is 13.2 Å². The lowest BCUT2D eigenvalue weighted by molar-refractivity contribution is -0.274. The monoisotopic (exact) mass is 278 g/mol. The Balaban J connectivity index is 2.60. The SMILES string of the molecule is N#CCCNCc1ccc(OC(F)(F)F)c(Cl)c1. The van der Waals surface area contributed by atoms with Crippen molar-refractivity contribution in [2.45, 2.75) is 19.3 Å².